The zero-order chi connectivity index (χ0) is 22.1. The van der Waals surface area contributed by atoms with Gasteiger partial charge in [-0.3, -0.25) is 4.98 Å². The summed E-state index contributed by atoms with van der Waals surface area (Å²) in [6, 6.07) is 11.6. The van der Waals surface area contributed by atoms with E-state index in [1.807, 2.05) is 42.2 Å². The highest BCUT2D eigenvalue weighted by atomic mass is 19.1. The molecule has 0 aliphatic carbocycles. The average Bonchev–Trinajstić information content (AvgIpc) is 2.79. The molecule has 0 radical (unpaired) electrons. The molecule has 1 fully saturated rings. The zero-order valence-corrected chi connectivity index (χ0v) is 18.0. The number of likely N-dealkylation sites (tertiary alicyclic amines) is 1. The Hall–Kier alpha value is -3.35. The minimum absolute atomic E-state index is 0.0911. The summed E-state index contributed by atoms with van der Waals surface area (Å²) in [4.78, 5) is 18.2. The van der Waals surface area contributed by atoms with Crippen LogP contribution in [0, 0.1) is 0 Å². The van der Waals surface area contributed by atoms with Crippen LogP contribution in [0.5, 0.6) is 5.75 Å². The van der Waals surface area contributed by atoms with Crippen molar-refractivity contribution in [3.05, 3.63) is 72.3 Å². The van der Waals surface area contributed by atoms with Gasteiger partial charge in [-0.25, -0.2) is 9.18 Å². The molecule has 3 rings (SSSR count). The lowest BCUT2D eigenvalue weighted by atomic mass is 10.0. The van der Waals surface area contributed by atoms with Crippen LogP contribution in [0.15, 0.2) is 72.3 Å². The highest BCUT2D eigenvalue weighted by Crippen LogP contribution is 2.21. The Balaban J connectivity index is 1.42. The average molecular weight is 425 g/mol. The number of carbonyl (C=O) groups excluding carboxylic acids is 1. The molecule has 0 atom stereocenters. The highest BCUT2D eigenvalue weighted by molar-refractivity contribution is 5.89. The molecule has 2 heterocycles. The van der Waals surface area contributed by atoms with Crippen LogP contribution in [0.25, 0.3) is 0 Å². The minimum Gasteiger partial charge on any atom is -0.489 e. The summed E-state index contributed by atoms with van der Waals surface area (Å²) in [5, 5.41) is 6.40. The second kappa shape index (κ2) is 11.2. The number of benzene rings is 1. The monoisotopic (exact) mass is 424 g/mol. The second-order valence-corrected chi connectivity index (χ2v) is 7.55. The maximum Gasteiger partial charge on any atom is 0.321 e. The number of hydrogen-bond donors (Lipinski definition) is 2. The molecule has 1 aromatic heterocycles. The fourth-order valence-corrected chi connectivity index (χ4v) is 3.31. The van der Waals surface area contributed by atoms with Gasteiger partial charge in [-0.2, -0.15) is 0 Å². The van der Waals surface area contributed by atoms with Crippen molar-refractivity contribution in [2.75, 3.05) is 30.3 Å². The lowest BCUT2D eigenvalue weighted by Gasteiger charge is -2.32. The first-order valence-electron chi connectivity index (χ1n) is 10.5. The van der Waals surface area contributed by atoms with Gasteiger partial charge in [0.25, 0.3) is 0 Å². The number of halogens is 1. The van der Waals surface area contributed by atoms with E-state index in [4.69, 9.17) is 4.74 Å². The number of urea groups is 1. The number of nitrogens with one attached hydrogen (secondary N) is 2. The van der Waals surface area contributed by atoms with Crippen LogP contribution >= 0.6 is 0 Å². The van der Waals surface area contributed by atoms with E-state index in [-0.39, 0.29) is 11.9 Å². The van der Waals surface area contributed by atoms with E-state index in [0.29, 0.717) is 31.4 Å². The number of hydrogen-bond acceptors (Lipinski definition) is 4. The van der Waals surface area contributed by atoms with Crippen molar-refractivity contribution in [1.29, 1.82) is 0 Å². The lowest BCUT2D eigenvalue weighted by molar-refractivity contribution is 0.197. The summed E-state index contributed by atoms with van der Waals surface area (Å²) in [6.07, 6.45) is 7.95. The van der Waals surface area contributed by atoms with Gasteiger partial charge >= 0.3 is 6.03 Å². The summed E-state index contributed by atoms with van der Waals surface area (Å²) in [5.74, 6) is 0.474. The summed E-state index contributed by atoms with van der Waals surface area (Å²) < 4.78 is 18.9. The largest absolute Gasteiger partial charge is 0.489 e. The molecule has 2 amide bonds. The van der Waals surface area contributed by atoms with Crippen LogP contribution < -0.4 is 15.4 Å². The number of amides is 2. The number of ether oxygens (including phenoxy) is 1. The van der Waals surface area contributed by atoms with Gasteiger partial charge in [-0.15, -0.1) is 0 Å². The number of piperidine rings is 1. The Morgan fingerprint density at radius 1 is 1.23 bits per heavy atom. The number of allylic oxidation sites excluding steroid dienone is 3. The van der Waals surface area contributed by atoms with Gasteiger partial charge in [0.2, 0.25) is 0 Å². The normalized spacial score (nSPS) is 15.5. The van der Waals surface area contributed by atoms with Gasteiger partial charge in [0.15, 0.2) is 0 Å². The first kappa shape index (κ1) is 22.3. The number of carbonyl (C=O) groups is 1. The Bertz CT molecular complexity index is 905. The van der Waals surface area contributed by atoms with E-state index in [9.17, 15) is 9.18 Å². The second-order valence-electron chi connectivity index (χ2n) is 7.55. The van der Waals surface area contributed by atoms with Crippen LogP contribution in [-0.4, -0.2) is 41.7 Å². The first-order valence-corrected chi connectivity index (χ1v) is 10.5. The molecule has 0 saturated carbocycles. The summed E-state index contributed by atoms with van der Waals surface area (Å²) in [5.41, 5.74) is 2.53. The molecular formula is C24H29FN4O2. The summed E-state index contributed by atoms with van der Waals surface area (Å²) in [7, 11) is 0. The van der Waals surface area contributed by atoms with E-state index >= 15 is 0 Å². The molecule has 1 aliphatic heterocycles. The van der Waals surface area contributed by atoms with Crippen LogP contribution in [0.3, 0.4) is 0 Å². The van der Waals surface area contributed by atoms with Gasteiger partial charge < -0.3 is 20.3 Å². The van der Waals surface area contributed by atoms with Crippen molar-refractivity contribution in [1.82, 2.24) is 9.88 Å². The third-order valence-corrected chi connectivity index (χ3v) is 5.05. The van der Waals surface area contributed by atoms with Crippen LogP contribution in [-0.2, 0) is 0 Å². The van der Waals surface area contributed by atoms with Gasteiger partial charge in [0.1, 0.15) is 18.2 Å². The molecule has 2 N–H and O–H groups in total. The van der Waals surface area contributed by atoms with Crippen molar-refractivity contribution in [3.8, 4) is 5.75 Å². The van der Waals surface area contributed by atoms with E-state index in [0.717, 1.165) is 29.9 Å². The molecule has 31 heavy (non-hydrogen) atoms. The molecule has 0 bridgehead atoms. The molecule has 2 aromatic rings. The van der Waals surface area contributed by atoms with Crippen LogP contribution in [0.1, 0.15) is 26.7 Å². The van der Waals surface area contributed by atoms with Crippen molar-refractivity contribution >= 4 is 17.4 Å². The predicted octanol–water partition coefficient (Wildman–Crippen LogP) is 5.39. The number of nitrogens with zero attached hydrogens (tertiary/aromatic N) is 2. The fourth-order valence-electron chi connectivity index (χ4n) is 3.31. The molecule has 1 saturated heterocycles. The van der Waals surface area contributed by atoms with E-state index in [2.05, 4.69) is 15.6 Å². The number of pyridine rings is 1. The van der Waals surface area contributed by atoms with E-state index < -0.39 is 0 Å². The molecular weight excluding hydrogens is 395 g/mol. The smallest absolute Gasteiger partial charge is 0.321 e. The third kappa shape index (κ3) is 7.13. The maximum atomic E-state index is 13.2. The quantitative estimate of drug-likeness (QED) is 0.585. The predicted molar refractivity (Wildman–Crippen MR) is 122 cm³/mol. The maximum absolute atomic E-state index is 13.2. The summed E-state index contributed by atoms with van der Waals surface area (Å²) >= 11 is 0. The molecule has 0 spiro atoms. The lowest BCUT2D eigenvalue weighted by Crippen LogP contribution is -2.44. The number of aromatic nitrogens is 1. The van der Waals surface area contributed by atoms with Gasteiger partial charge in [-0.1, -0.05) is 6.08 Å². The Morgan fingerprint density at radius 3 is 2.61 bits per heavy atom. The zero-order valence-electron chi connectivity index (χ0n) is 18.0. The fraction of sp³-hybridized carbons (Fsp3) is 0.333. The third-order valence-electron chi connectivity index (χ3n) is 5.05. The number of anilines is 2. The van der Waals surface area contributed by atoms with Crippen LogP contribution in [0.2, 0.25) is 0 Å². The van der Waals surface area contributed by atoms with Gasteiger partial charge in [0.05, 0.1) is 11.9 Å². The molecule has 1 aliphatic rings. The van der Waals surface area contributed by atoms with Gasteiger partial charge in [0, 0.05) is 31.0 Å². The first-order chi connectivity index (χ1) is 15.0. The SMILES string of the molecule is C/C=C(F)\C=C(/C)COc1ccc(NC2CCN(C(=O)Nc3cccnc3)CC2)cc1. The molecule has 6 nitrogen and oxygen atoms in total. The summed E-state index contributed by atoms with van der Waals surface area (Å²) in [6.45, 7) is 5.22. The molecule has 0 unspecified atom stereocenters. The topological polar surface area (TPSA) is 66.5 Å². The van der Waals surface area contributed by atoms with Gasteiger partial charge in [-0.05, 0) is 74.7 Å². The Morgan fingerprint density at radius 2 is 1.97 bits per heavy atom. The van der Waals surface area contributed by atoms with E-state index in [1.54, 1.807) is 25.4 Å². The molecule has 164 valence electrons. The Labute approximate surface area is 182 Å². The van der Waals surface area contributed by atoms with Crippen molar-refractivity contribution in [2.45, 2.75) is 32.7 Å². The highest BCUT2D eigenvalue weighted by Gasteiger charge is 2.22. The van der Waals surface area contributed by atoms with Crippen molar-refractivity contribution in [3.63, 3.8) is 0 Å². The van der Waals surface area contributed by atoms with Crippen molar-refractivity contribution < 1.29 is 13.9 Å². The standard InChI is InChI=1S/C24H29FN4O2/c1-3-19(25)15-18(2)17-31-23-8-6-20(7-9-23)27-21-10-13-29(14-11-21)24(30)28-22-5-4-12-26-16-22/h3-9,12,15-16,21,27H,10-11,13-14,17H2,1-2H3,(H,28,30)/b18-15+,19-3+. The van der Waals surface area contributed by atoms with Crippen molar-refractivity contribution in [2.24, 2.45) is 0 Å². The van der Waals surface area contributed by atoms with E-state index in [1.165, 1.54) is 12.2 Å². The number of rotatable bonds is 7. The Kier molecular flexibility index (Phi) is 8.04. The molecule has 1 aromatic carbocycles. The van der Waals surface area contributed by atoms with Crippen LogP contribution in [0.4, 0.5) is 20.6 Å². The minimum atomic E-state index is -0.263. The molecule has 7 heteroatoms.